The number of carbonyl (C=O) groups is 1. The van der Waals surface area contributed by atoms with Crippen LogP contribution in [0.4, 0.5) is 4.79 Å². The molecule has 6 nitrogen and oxygen atoms in total. The lowest BCUT2D eigenvalue weighted by molar-refractivity contribution is 0.0288. The number of nitrogens with one attached hydrogen (secondary N) is 1. The number of carbonyl (C=O) groups excluding carboxylic acids is 1. The molecule has 156 valence electrons. The Labute approximate surface area is 173 Å². The molecule has 0 spiro atoms. The van der Waals surface area contributed by atoms with Crippen molar-refractivity contribution in [3.8, 4) is 11.1 Å². The molecule has 1 aliphatic heterocycles. The number of aryl methyl sites for hydroxylation is 1. The third-order valence-corrected chi connectivity index (χ3v) is 4.87. The number of ether oxygens (including phenoxy) is 2. The molecule has 1 atom stereocenters. The van der Waals surface area contributed by atoms with Gasteiger partial charge >= 0.3 is 6.09 Å². The molecule has 1 fully saturated rings. The van der Waals surface area contributed by atoms with E-state index in [-0.39, 0.29) is 6.04 Å². The van der Waals surface area contributed by atoms with Gasteiger partial charge in [0.25, 0.3) is 0 Å². The Morgan fingerprint density at radius 1 is 1.21 bits per heavy atom. The molecule has 6 heteroatoms. The fourth-order valence-electron chi connectivity index (χ4n) is 3.41. The largest absolute Gasteiger partial charge is 0.444 e. The summed E-state index contributed by atoms with van der Waals surface area (Å²) in [6.45, 7) is 11.5. The molecule has 1 N–H and O–H groups in total. The Morgan fingerprint density at radius 3 is 2.52 bits per heavy atom. The predicted octanol–water partition coefficient (Wildman–Crippen LogP) is 3.96. The lowest BCUT2D eigenvalue weighted by Crippen LogP contribution is -2.44. The average Bonchev–Trinajstić information content (AvgIpc) is 2.67. The van der Waals surface area contributed by atoms with Crippen LogP contribution < -0.4 is 5.32 Å². The van der Waals surface area contributed by atoms with E-state index < -0.39 is 11.7 Å². The van der Waals surface area contributed by atoms with Crippen molar-refractivity contribution in [2.75, 3.05) is 32.8 Å². The van der Waals surface area contributed by atoms with Crippen molar-refractivity contribution in [2.45, 2.75) is 39.3 Å². The van der Waals surface area contributed by atoms with Crippen molar-refractivity contribution in [1.29, 1.82) is 0 Å². The first-order valence-corrected chi connectivity index (χ1v) is 10.1. The molecule has 0 saturated carbocycles. The Morgan fingerprint density at radius 2 is 1.90 bits per heavy atom. The van der Waals surface area contributed by atoms with Crippen LogP contribution in [0.1, 0.15) is 38.1 Å². The zero-order valence-electron chi connectivity index (χ0n) is 17.8. The van der Waals surface area contributed by atoms with Crippen LogP contribution in [0, 0.1) is 6.92 Å². The summed E-state index contributed by atoms with van der Waals surface area (Å²) in [5.74, 6) is 0. The van der Waals surface area contributed by atoms with Gasteiger partial charge in [-0.2, -0.15) is 0 Å². The maximum atomic E-state index is 12.4. The van der Waals surface area contributed by atoms with Crippen LogP contribution in [0.25, 0.3) is 11.1 Å². The van der Waals surface area contributed by atoms with Crippen molar-refractivity contribution >= 4 is 6.09 Å². The summed E-state index contributed by atoms with van der Waals surface area (Å²) < 4.78 is 10.9. The molecule has 0 unspecified atom stereocenters. The first-order valence-electron chi connectivity index (χ1n) is 10.1. The van der Waals surface area contributed by atoms with Gasteiger partial charge in [0.2, 0.25) is 0 Å². The number of aromatic nitrogens is 1. The molecule has 1 amide bonds. The number of hydrogen-bond donors (Lipinski definition) is 1. The molecule has 1 saturated heterocycles. The molecule has 0 bridgehead atoms. The van der Waals surface area contributed by atoms with Gasteiger partial charge in [0.05, 0.1) is 19.3 Å². The Balaban J connectivity index is 1.78. The average molecular weight is 398 g/mol. The first-order chi connectivity index (χ1) is 13.8. The lowest BCUT2D eigenvalue weighted by atomic mass is 9.99. The molecular formula is C23H31N3O3. The highest BCUT2D eigenvalue weighted by Crippen LogP contribution is 2.25. The number of rotatable bonds is 5. The third-order valence-electron chi connectivity index (χ3n) is 4.87. The SMILES string of the molecule is Cc1ncccc1-c1ccc([C@H](CN2CCOCC2)NC(=O)OC(C)(C)C)cc1. The summed E-state index contributed by atoms with van der Waals surface area (Å²) in [6, 6.07) is 12.2. The van der Waals surface area contributed by atoms with Gasteiger partial charge in [-0.15, -0.1) is 0 Å². The van der Waals surface area contributed by atoms with Crippen LogP contribution in [-0.4, -0.2) is 54.4 Å². The van der Waals surface area contributed by atoms with Gasteiger partial charge in [0.15, 0.2) is 0 Å². The van der Waals surface area contributed by atoms with E-state index in [2.05, 4.69) is 45.5 Å². The van der Waals surface area contributed by atoms with Gasteiger partial charge < -0.3 is 14.8 Å². The maximum absolute atomic E-state index is 12.4. The van der Waals surface area contributed by atoms with Crippen molar-refractivity contribution in [2.24, 2.45) is 0 Å². The van der Waals surface area contributed by atoms with Gasteiger partial charge in [-0.05, 0) is 44.9 Å². The fourth-order valence-corrected chi connectivity index (χ4v) is 3.41. The minimum Gasteiger partial charge on any atom is -0.444 e. The number of benzene rings is 1. The molecule has 2 heterocycles. The second-order valence-corrected chi connectivity index (χ2v) is 8.37. The van der Waals surface area contributed by atoms with E-state index in [0.29, 0.717) is 6.54 Å². The number of amides is 1. The molecular weight excluding hydrogens is 366 g/mol. The molecule has 29 heavy (non-hydrogen) atoms. The Hall–Kier alpha value is -2.44. The smallest absolute Gasteiger partial charge is 0.408 e. The van der Waals surface area contributed by atoms with Crippen LogP contribution in [0.2, 0.25) is 0 Å². The van der Waals surface area contributed by atoms with E-state index in [9.17, 15) is 4.79 Å². The highest BCUT2D eigenvalue weighted by molar-refractivity contribution is 5.69. The van der Waals surface area contributed by atoms with Crippen molar-refractivity contribution in [3.63, 3.8) is 0 Å². The summed E-state index contributed by atoms with van der Waals surface area (Å²) in [6.07, 6.45) is 1.40. The lowest BCUT2D eigenvalue weighted by Gasteiger charge is -2.31. The summed E-state index contributed by atoms with van der Waals surface area (Å²) in [4.78, 5) is 19.1. The number of morpholine rings is 1. The van der Waals surface area contributed by atoms with E-state index in [1.54, 1.807) is 6.20 Å². The number of alkyl carbamates (subject to hydrolysis) is 1. The normalized spacial score (nSPS) is 16.3. The quantitative estimate of drug-likeness (QED) is 0.828. The molecule has 0 aliphatic carbocycles. The Kier molecular flexibility index (Phi) is 6.87. The van der Waals surface area contributed by atoms with Gasteiger partial charge in [0, 0.05) is 37.1 Å². The summed E-state index contributed by atoms with van der Waals surface area (Å²) in [5.41, 5.74) is 3.74. The number of pyridine rings is 1. The van der Waals surface area contributed by atoms with Gasteiger partial charge in [-0.1, -0.05) is 30.3 Å². The molecule has 2 aromatic rings. The standard InChI is InChI=1S/C23H31N3O3/c1-17-20(6-5-11-24-17)18-7-9-19(10-8-18)21(16-26-12-14-28-15-13-26)25-22(27)29-23(2,3)4/h5-11,21H,12-16H2,1-4H3,(H,25,27)/t21-/m0/s1. The minimum absolute atomic E-state index is 0.160. The second-order valence-electron chi connectivity index (χ2n) is 8.37. The highest BCUT2D eigenvalue weighted by atomic mass is 16.6. The highest BCUT2D eigenvalue weighted by Gasteiger charge is 2.23. The summed E-state index contributed by atoms with van der Waals surface area (Å²) >= 11 is 0. The number of nitrogens with zero attached hydrogens (tertiary/aromatic N) is 2. The van der Waals surface area contributed by atoms with Crippen LogP contribution >= 0.6 is 0 Å². The maximum Gasteiger partial charge on any atom is 0.408 e. The molecule has 0 radical (unpaired) electrons. The summed E-state index contributed by atoms with van der Waals surface area (Å²) in [7, 11) is 0. The van der Waals surface area contributed by atoms with E-state index >= 15 is 0 Å². The molecule has 1 aromatic heterocycles. The van der Waals surface area contributed by atoms with Crippen molar-refractivity contribution < 1.29 is 14.3 Å². The van der Waals surface area contributed by atoms with Crippen LogP contribution in [0.5, 0.6) is 0 Å². The molecule has 1 aromatic carbocycles. The first kappa shape index (κ1) is 21.3. The van der Waals surface area contributed by atoms with Crippen molar-refractivity contribution in [1.82, 2.24) is 15.2 Å². The van der Waals surface area contributed by atoms with Crippen LogP contribution in [-0.2, 0) is 9.47 Å². The van der Waals surface area contributed by atoms with Gasteiger partial charge in [-0.3, -0.25) is 9.88 Å². The van der Waals surface area contributed by atoms with Crippen LogP contribution in [0.3, 0.4) is 0 Å². The fraction of sp³-hybridized carbons (Fsp3) is 0.478. The Bertz CT molecular complexity index is 809. The topological polar surface area (TPSA) is 63.7 Å². The van der Waals surface area contributed by atoms with E-state index in [0.717, 1.165) is 48.7 Å². The zero-order valence-corrected chi connectivity index (χ0v) is 17.8. The molecule has 3 rings (SSSR count). The van der Waals surface area contributed by atoms with Crippen molar-refractivity contribution in [3.05, 3.63) is 53.9 Å². The predicted molar refractivity (Wildman–Crippen MR) is 114 cm³/mol. The van der Waals surface area contributed by atoms with Crippen LogP contribution in [0.15, 0.2) is 42.6 Å². The van der Waals surface area contributed by atoms with E-state index in [1.165, 1.54) is 0 Å². The summed E-state index contributed by atoms with van der Waals surface area (Å²) in [5, 5.41) is 3.05. The van der Waals surface area contributed by atoms with E-state index in [1.807, 2.05) is 33.8 Å². The second kappa shape index (κ2) is 9.37. The van der Waals surface area contributed by atoms with E-state index in [4.69, 9.17) is 9.47 Å². The molecule has 1 aliphatic rings. The third kappa shape index (κ3) is 6.27. The minimum atomic E-state index is -0.532. The number of hydrogen-bond acceptors (Lipinski definition) is 5. The van der Waals surface area contributed by atoms with Gasteiger partial charge in [-0.25, -0.2) is 4.79 Å². The zero-order chi connectivity index (χ0) is 20.9. The van der Waals surface area contributed by atoms with Gasteiger partial charge in [0.1, 0.15) is 5.60 Å². The monoisotopic (exact) mass is 397 g/mol.